The molecule has 2 aromatic heterocycles. The highest BCUT2D eigenvalue weighted by Gasteiger charge is 2.38. The number of fused-ring (bicyclic) bond motifs is 1. The molecule has 3 aromatic rings. The van der Waals surface area contributed by atoms with Crippen LogP contribution < -0.4 is 25.4 Å². The molecule has 0 bridgehead atoms. The minimum atomic E-state index is -2.60. The van der Waals surface area contributed by atoms with E-state index in [0.29, 0.717) is 29.6 Å². The monoisotopic (exact) mass is 503 g/mol. The number of alkyl halides is 2. The summed E-state index contributed by atoms with van der Waals surface area (Å²) in [5.74, 6) is -0.892. The van der Waals surface area contributed by atoms with E-state index in [4.69, 9.17) is 9.47 Å². The lowest BCUT2D eigenvalue weighted by atomic mass is 9.92. The lowest BCUT2D eigenvalue weighted by Crippen LogP contribution is -2.44. The SMILES string of the molecule is COc1cc(OCc2ccnc(Nc3cnn(C)c3)n2)cc2c1NC(NC1CCCC(F)(F)C1)S2. The summed E-state index contributed by atoms with van der Waals surface area (Å²) in [4.78, 5) is 9.66. The first-order chi connectivity index (χ1) is 16.9. The average Bonchev–Trinajstić information content (AvgIpc) is 3.41. The van der Waals surface area contributed by atoms with Gasteiger partial charge in [0.2, 0.25) is 11.9 Å². The van der Waals surface area contributed by atoms with Crippen LogP contribution in [0.15, 0.2) is 41.7 Å². The van der Waals surface area contributed by atoms with E-state index in [1.807, 2.05) is 19.3 Å². The first-order valence-electron chi connectivity index (χ1n) is 11.4. The molecule has 1 aromatic carbocycles. The Morgan fingerprint density at radius 3 is 3.00 bits per heavy atom. The number of nitrogens with one attached hydrogen (secondary N) is 3. The predicted molar refractivity (Wildman–Crippen MR) is 129 cm³/mol. The standard InChI is InChI=1S/C23H27F2N7O2S/c1-32-12-16(11-27-32)29-21-26-7-5-15(28-21)13-34-17-8-18(33-2)20-19(9-17)35-22(31-20)30-14-4-3-6-23(24,25)10-14/h5,7-9,11-12,14,22,30-31H,3-4,6,10,13H2,1-2H3,(H,26,28,29). The van der Waals surface area contributed by atoms with Crippen molar-refractivity contribution in [3.8, 4) is 11.5 Å². The van der Waals surface area contributed by atoms with Crippen LogP contribution >= 0.6 is 11.8 Å². The Morgan fingerprint density at radius 1 is 1.34 bits per heavy atom. The molecule has 1 saturated carbocycles. The van der Waals surface area contributed by atoms with Crippen LogP contribution in [-0.2, 0) is 13.7 Å². The second-order valence-corrected chi connectivity index (χ2v) is 9.79. The van der Waals surface area contributed by atoms with Gasteiger partial charge in [0, 0.05) is 49.3 Å². The van der Waals surface area contributed by atoms with Gasteiger partial charge in [-0.25, -0.2) is 18.7 Å². The number of benzene rings is 1. The van der Waals surface area contributed by atoms with Crippen LogP contribution in [0.25, 0.3) is 0 Å². The molecule has 5 rings (SSSR count). The van der Waals surface area contributed by atoms with Gasteiger partial charge in [0.05, 0.1) is 30.4 Å². The minimum absolute atomic E-state index is 0.0292. The molecule has 2 unspecified atom stereocenters. The van der Waals surface area contributed by atoms with Crippen molar-refractivity contribution in [2.45, 2.75) is 54.6 Å². The van der Waals surface area contributed by atoms with Crippen molar-refractivity contribution < 1.29 is 18.3 Å². The fourth-order valence-electron chi connectivity index (χ4n) is 4.25. The number of methoxy groups -OCH3 is 1. The van der Waals surface area contributed by atoms with E-state index in [1.165, 1.54) is 11.8 Å². The summed E-state index contributed by atoms with van der Waals surface area (Å²) in [5.41, 5.74) is 2.11. The normalized spacial score (nSPS) is 20.7. The number of halogens is 2. The van der Waals surface area contributed by atoms with Crippen LogP contribution in [-0.4, -0.2) is 44.3 Å². The number of anilines is 3. The quantitative estimate of drug-likeness (QED) is 0.410. The van der Waals surface area contributed by atoms with Crippen LogP contribution in [0.1, 0.15) is 31.4 Å². The van der Waals surface area contributed by atoms with Gasteiger partial charge in [-0.2, -0.15) is 5.10 Å². The summed E-state index contributed by atoms with van der Waals surface area (Å²) in [6.07, 6.45) is 6.29. The molecule has 35 heavy (non-hydrogen) atoms. The smallest absolute Gasteiger partial charge is 0.249 e. The van der Waals surface area contributed by atoms with Gasteiger partial charge in [-0.3, -0.25) is 10.00 Å². The number of hydrogen-bond acceptors (Lipinski definition) is 9. The van der Waals surface area contributed by atoms with E-state index >= 15 is 0 Å². The van der Waals surface area contributed by atoms with Gasteiger partial charge >= 0.3 is 0 Å². The molecule has 3 heterocycles. The Bertz CT molecular complexity index is 1190. The Morgan fingerprint density at radius 2 is 2.23 bits per heavy atom. The van der Waals surface area contributed by atoms with Crippen molar-refractivity contribution in [2.75, 3.05) is 17.7 Å². The third kappa shape index (κ3) is 5.76. The molecule has 0 spiro atoms. The minimum Gasteiger partial charge on any atom is -0.494 e. The third-order valence-electron chi connectivity index (χ3n) is 5.87. The van der Waals surface area contributed by atoms with E-state index in [-0.39, 0.29) is 31.0 Å². The van der Waals surface area contributed by atoms with E-state index in [0.717, 1.165) is 22.7 Å². The van der Waals surface area contributed by atoms with E-state index in [2.05, 4.69) is 31.0 Å². The van der Waals surface area contributed by atoms with Crippen molar-refractivity contribution in [2.24, 2.45) is 7.05 Å². The zero-order valence-corrected chi connectivity index (χ0v) is 20.2. The van der Waals surface area contributed by atoms with Gasteiger partial charge in [-0.1, -0.05) is 11.8 Å². The molecule has 1 aliphatic heterocycles. The fourth-order valence-corrected chi connectivity index (χ4v) is 5.40. The zero-order valence-electron chi connectivity index (χ0n) is 19.4. The van der Waals surface area contributed by atoms with Crippen LogP contribution in [0.4, 0.5) is 26.1 Å². The maximum absolute atomic E-state index is 13.8. The van der Waals surface area contributed by atoms with Gasteiger partial charge in [0.25, 0.3) is 0 Å². The first-order valence-corrected chi connectivity index (χ1v) is 12.2. The van der Waals surface area contributed by atoms with Crippen molar-refractivity contribution in [3.05, 3.63) is 42.5 Å². The number of rotatable bonds is 8. The highest BCUT2D eigenvalue weighted by molar-refractivity contribution is 8.00. The molecule has 2 aliphatic rings. The number of nitrogens with zero attached hydrogens (tertiary/aromatic N) is 4. The van der Waals surface area contributed by atoms with Gasteiger partial charge < -0.3 is 20.1 Å². The summed E-state index contributed by atoms with van der Waals surface area (Å²) in [7, 11) is 3.43. The summed E-state index contributed by atoms with van der Waals surface area (Å²) < 4.78 is 40.9. The number of aromatic nitrogens is 4. The first kappa shape index (κ1) is 23.6. The molecule has 9 nitrogen and oxygen atoms in total. The summed E-state index contributed by atoms with van der Waals surface area (Å²) in [6.45, 7) is 0.239. The van der Waals surface area contributed by atoms with E-state index in [9.17, 15) is 8.78 Å². The topological polar surface area (TPSA) is 98.2 Å². The molecule has 186 valence electrons. The maximum Gasteiger partial charge on any atom is 0.249 e. The van der Waals surface area contributed by atoms with Gasteiger partial charge in [-0.05, 0) is 25.0 Å². The second-order valence-electron chi connectivity index (χ2n) is 8.64. The Hall–Kier alpha value is -3.12. The Kier molecular flexibility index (Phi) is 6.65. The fraction of sp³-hybridized carbons (Fsp3) is 0.435. The number of aryl methyl sites for hydroxylation is 1. The van der Waals surface area contributed by atoms with Gasteiger partial charge in [0.15, 0.2) is 0 Å². The second kappa shape index (κ2) is 9.86. The molecule has 0 saturated heterocycles. The number of ether oxygens (including phenoxy) is 2. The molecular weight excluding hydrogens is 476 g/mol. The largest absolute Gasteiger partial charge is 0.494 e. The molecule has 3 N–H and O–H groups in total. The zero-order chi connectivity index (χ0) is 24.4. The highest BCUT2D eigenvalue weighted by Crippen LogP contribution is 2.46. The van der Waals surface area contributed by atoms with E-state index < -0.39 is 5.92 Å². The van der Waals surface area contributed by atoms with Crippen LogP contribution in [0.3, 0.4) is 0 Å². The molecule has 1 aliphatic carbocycles. The van der Waals surface area contributed by atoms with Crippen molar-refractivity contribution in [1.82, 2.24) is 25.1 Å². The molecular formula is C23H27F2N7O2S. The third-order valence-corrected chi connectivity index (χ3v) is 6.93. The van der Waals surface area contributed by atoms with Gasteiger partial charge in [-0.15, -0.1) is 0 Å². The Labute approximate surface area is 206 Å². The van der Waals surface area contributed by atoms with Gasteiger partial charge in [0.1, 0.15) is 23.6 Å². The maximum atomic E-state index is 13.8. The average molecular weight is 504 g/mol. The summed E-state index contributed by atoms with van der Waals surface area (Å²) >= 11 is 1.53. The molecule has 12 heteroatoms. The summed E-state index contributed by atoms with van der Waals surface area (Å²) in [6, 6.07) is 5.28. The van der Waals surface area contributed by atoms with Crippen molar-refractivity contribution in [3.63, 3.8) is 0 Å². The summed E-state index contributed by atoms with van der Waals surface area (Å²) in [5, 5.41) is 13.9. The molecule has 0 amide bonds. The highest BCUT2D eigenvalue weighted by atomic mass is 32.2. The van der Waals surface area contributed by atoms with Crippen LogP contribution in [0.5, 0.6) is 11.5 Å². The van der Waals surface area contributed by atoms with Crippen LogP contribution in [0.2, 0.25) is 0 Å². The lowest BCUT2D eigenvalue weighted by Gasteiger charge is -2.31. The molecule has 1 fully saturated rings. The number of thioether (sulfide) groups is 1. The van der Waals surface area contributed by atoms with Crippen molar-refractivity contribution in [1.29, 1.82) is 0 Å². The number of hydrogen-bond donors (Lipinski definition) is 3. The van der Waals surface area contributed by atoms with Crippen molar-refractivity contribution >= 4 is 29.1 Å². The molecule has 0 radical (unpaired) electrons. The Balaban J connectivity index is 1.22. The molecule has 2 atom stereocenters. The van der Waals surface area contributed by atoms with E-state index in [1.54, 1.807) is 36.3 Å². The van der Waals surface area contributed by atoms with Crippen LogP contribution in [0, 0.1) is 0 Å². The predicted octanol–water partition coefficient (Wildman–Crippen LogP) is 4.51. The lowest BCUT2D eigenvalue weighted by molar-refractivity contribution is -0.0440.